The molecule has 4 heterocycles. The van der Waals surface area contributed by atoms with E-state index in [1.54, 1.807) is 12.1 Å². The molecule has 1 aromatic rings. The Labute approximate surface area is 129 Å². The van der Waals surface area contributed by atoms with Gasteiger partial charge in [-0.25, -0.2) is 8.78 Å². The Hall–Kier alpha value is -1.04. The van der Waals surface area contributed by atoms with Gasteiger partial charge in [0.25, 0.3) is 0 Å². The lowest BCUT2D eigenvalue weighted by molar-refractivity contribution is -0.00999. The first-order chi connectivity index (χ1) is 10.7. The van der Waals surface area contributed by atoms with Crippen molar-refractivity contribution in [2.24, 2.45) is 5.92 Å². The number of halogens is 2. The van der Waals surface area contributed by atoms with Crippen molar-refractivity contribution in [3.05, 3.63) is 35.4 Å². The summed E-state index contributed by atoms with van der Waals surface area (Å²) in [5, 5.41) is 9.35. The molecule has 2 bridgehead atoms. The summed E-state index contributed by atoms with van der Waals surface area (Å²) >= 11 is 0. The number of likely N-dealkylation sites (tertiary alicyclic amines) is 1. The Bertz CT molecular complexity index is 560. The molecule has 0 aliphatic carbocycles. The van der Waals surface area contributed by atoms with Crippen molar-refractivity contribution >= 4 is 0 Å². The lowest BCUT2D eigenvalue weighted by atomic mass is 9.75. The zero-order chi connectivity index (χ0) is 15.3. The third kappa shape index (κ3) is 2.10. The van der Waals surface area contributed by atoms with Gasteiger partial charge in [-0.15, -0.1) is 0 Å². The molecule has 4 aliphatic heterocycles. The fourth-order valence-corrected chi connectivity index (χ4v) is 5.00. The maximum absolute atomic E-state index is 14.3. The molecule has 0 radical (unpaired) electrons. The second-order valence-corrected chi connectivity index (χ2v) is 6.82. The van der Waals surface area contributed by atoms with Gasteiger partial charge in [-0.05, 0) is 43.5 Å². The average molecular weight is 308 g/mol. The number of benzene rings is 1. The number of aliphatic hydroxyl groups is 1. The molecule has 3 atom stereocenters. The van der Waals surface area contributed by atoms with E-state index in [2.05, 4.69) is 9.80 Å². The predicted molar refractivity (Wildman–Crippen MR) is 79.6 cm³/mol. The minimum Gasteiger partial charge on any atom is -0.395 e. The van der Waals surface area contributed by atoms with Gasteiger partial charge in [-0.1, -0.05) is 12.1 Å². The van der Waals surface area contributed by atoms with Gasteiger partial charge < -0.3 is 5.11 Å². The van der Waals surface area contributed by atoms with Crippen molar-refractivity contribution < 1.29 is 13.9 Å². The van der Waals surface area contributed by atoms with E-state index in [4.69, 9.17) is 0 Å². The van der Waals surface area contributed by atoms with Crippen molar-refractivity contribution in [3.8, 4) is 0 Å². The van der Waals surface area contributed by atoms with Gasteiger partial charge in [0.15, 0.2) is 11.6 Å². The van der Waals surface area contributed by atoms with Gasteiger partial charge >= 0.3 is 0 Å². The number of nitrogens with zero attached hydrogens (tertiary/aromatic N) is 2. The number of aliphatic hydroxyl groups excluding tert-OH is 1. The number of piperidine rings is 3. The Kier molecular flexibility index (Phi) is 3.67. The van der Waals surface area contributed by atoms with Crippen molar-refractivity contribution in [3.63, 3.8) is 0 Å². The molecule has 1 aromatic carbocycles. The molecule has 22 heavy (non-hydrogen) atoms. The van der Waals surface area contributed by atoms with Crippen molar-refractivity contribution in [2.45, 2.75) is 30.8 Å². The van der Waals surface area contributed by atoms with E-state index in [0.29, 0.717) is 30.6 Å². The lowest BCUT2D eigenvalue weighted by Gasteiger charge is -2.51. The number of fused-ring (bicyclic) bond motifs is 2. The molecule has 0 amide bonds. The van der Waals surface area contributed by atoms with Crippen molar-refractivity contribution in [2.75, 3.05) is 32.8 Å². The Morgan fingerprint density at radius 1 is 1.14 bits per heavy atom. The number of β-amino-alcohol motifs (C(OH)–C–C–N with tert-alkyl or cyclic N) is 1. The zero-order valence-corrected chi connectivity index (χ0v) is 12.6. The van der Waals surface area contributed by atoms with Gasteiger partial charge in [0.1, 0.15) is 0 Å². The minimum absolute atomic E-state index is 0.00431. The number of hydrogen-bond donors (Lipinski definition) is 1. The molecule has 0 saturated carbocycles. The second-order valence-electron chi connectivity index (χ2n) is 6.82. The summed E-state index contributed by atoms with van der Waals surface area (Å²) < 4.78 is 28.0. The summed E-state index contributed by atoms with van der Waals surface area (Å²) in [6.07, 6.45) is 2.36. The Balaban J connectivity index is 1.72. The first-order valence-electron chi connectivity index (χ1n) is 8.23. The fraction of sp³-hybridized carbons (Fsp3) is 0.647. The largest absolute Gasteiger partial charge is 0.395 e. The van der Waals surface area contributed by atoms with Crippen LogP contribution in [0.5, 0.6) is 0 Å². The monoisotopic (exact) mass is 308 g/mol. The molecule has 4 saturated heterocycles. The maximum atomic E-state index is 14.3. The van der Waals surface area contributed by atoms with Gasteiger partial charge in [-0.2, -0.15) is 0 Å². The molecule has 5 rings (SSSR count). The zero-order valence-electron chi connectivity index (χ0n) is 12.6. The molecule has 3 nitrogen and oxygen atoms in total. The molecule has 4 aliphatic rings. The van der Waals surface area contributed by atoms with Crippen molar-refractivity contribution in [1.82, 2.24) is 9.80 Å². The van der Waals surface area contributed by atoms with Crippen LogP contribution in [0, 0.1) is 17.6 Å². The predicted octanol–water partition coefficient (Wildman–Crippen LogP) is 1.82. The lowest BCUT2D eigenvalue weighted by Crippen LogP contribution is -2.60. The highest BCUT2D eigenvalue weighted by Gasteiger charge is 2.53. The van der Waals surface area contributed by atoms with Gasteiger partial charge in [-0.3, -0.25) is 9.80 Å². The quantitative estimate of drug-likeness (QED) is 0.923. The van der Waals surface area contributed by atoms with Gasteiger partial charge in [0.2, 0.25) is 0 Å². The highest BCUT2D eigenvalue weighted by atomic mass is 19.2. The first kappa shape index (κ1) is 14.5. The van der Waals surface area contributed by atoms with Crippen LogP contribution >= 0.6 is 0 Å². The molecule has 4 fully saturated rings. The van der Waals surface area contributed by atoms with Crippen LogP contribution < -0.4 is 0 Å². The highest BCUT2D eigenvalue weighted by Crippen LogP contribution is 2.46. The van der Waals surface area contributed by atoms with Crippen LogP contribution in [0.1, 0.15) is 24.3 Å². The molecule has 0 aromatic heterocycles. The molecule has 1 N–H and O–H groups in total. The topological polar surface area (TPSA) is 26.7 Å². The molecular formula is C17H22F2N2O. The van der Waals surface area contributed by atoms with Crippen LogP contribution in [0.3, 0.4) is 0 Å². The summed E-state index contributed by atoms with van der Waals surface area (Å²) in [4.78, 5) is 4.76. The van der Waals surface area contributed by atoms with Crippen LogP contribution in [-0.2, 0) is 0 Å². The van der Waals surface area contributed by atoms with Crippen LogP contribution in [0.4, 0.5) is 8.78 Å². The third-order valence-electron chi connectivity index (χ3n) is 5.86. The standard InChI is InChI=1S/C17H22F2N2O/c18-14-3-1-2-12(15(14)19)13-10-21(8-9-22)16-11-4-6-20(7-5-11)17(13)16/h1-3,11,13,16-17,22H,4-10H2/t13-,16+,17+/m1/s1. The minimum atomic E-state index is -0.759. The molecule has 5 heteroatoms. The van der Waals surface area contributed by atoms with E-state index < -0.39 is 11.6 Å². The van der Waals surface area contributed by atoms with Gasteiger partial charge in [0.05, 0.1) is 6.61 Å². The molecular weight excluding hydrogens is 286 g/mol. The van der Waals surface area contributed by atoms with E-state index in [1.165, 1.54) is 18.9 Å². The van der Waals surface area contributed by atoms with E-state index in [9.17, 15) is 13.9 Å². The number of hydrogen-bond acceptors (Lipinski definition) is 3. The average Bonchev–Trinajstić information content (AvgIpc) is 2.93. The maximum Gasteiger partial charge on any atom is 0.162 e. The Morgan fingerprint density at radius 3 is 2.64 bits per heavy atom. The van der Waals surface area contributed by atoms with Crippen LogP contribution in [0.15, 0.2) is 18.2 Å². The van der Waals surface area contributed by atoms with E-state index in [1.807, 2.05) is 0 Å². The summed E-state index contributed by atoms with van der Waals surface area (Å²) in [6.45, 7) is 3.58. The van der Waals surface area contributed by atoms with E-state index >= 15 is 0 Å². The molecule has 0 spiro atoms. The van der Waals surface area contributed by atoms with E-state index in [0.717, 1.165) is 13.1 Å². The summed E-state index contributed by atoms with van der Waals surface area (Å²) in [6, 6.07) is 5.15. The summed E-state index contributed by atoms with van der Waals surface area (Å²) in [5.41, 5.74) is 0.503. The summed E-state index contributed by atoms with van der Waals surface area (Å²) in [7, 11) is 0. The normalized spacial score (nSPS) is 37.5. The summed E-state index contributed by atoms with van der Waals surface area (Å²) in [5.74, 6) is -0.830. The fourth-order valence-electron chi connectivity index (χ4n) is 5.00. The Morgan fingerprint density at radius 2 is 1.91 bits per heavy atom. The first-order valence-corrected chi connectivity index (χ1v) is 8.23. The van der Waals surface area contributed by atoms with Crippen molar-refractivity contribution in [1.29, 1.82) is 0 Å². The second kappa shape index (κ2) is 5.55. The van der Waals surface area contributed by atoms with Crippen LogP contribution in [0.2, 0.25) is 0 Å². The number of rotatable bonds is 3. The smallest absolute Gasteiger partial charge is 0.162 e. The SMILES string of the molecule is OCCN1C[C@H](c2cccc(F)c2F)[C@H]2[C@@H]1C1CCN2CC1. The van der Waals surface area contributed by atoms with Crippen LogP contribution in [0.25, 0.3) is 0 Å². The van der Waals surface area contributed by atoms with Crippen LogP contribution in [-0.4, -0.2) is 59.8 Å². The third-order valence-corrected chi connectivity index (χ3v) is 5.86. The van der Waals surface area contributed by atoms with Gasteiger partial charge in [0, 0.05) is 31.1 Å². The molecule has 0 unspecified atom stereocenters. The molecule has 120 valence electrons. The van der Waals surface area contributed by atoms with E-state index in [-0.39, 0.29) is 18.6 Å². The highest BCUT2D eigenvalue weighted by molar-refractivity contribution is 5.29.